The van der Waals surface area contributed by atoms with Crippen LogP contribution < -0.4 is 10.6 Å². The zero-order valence-corrected chi connectivity index (χ0v) is 18.1. The molecule has 1 aromatic carbocycles. The monoisotopic (exact) mass is 412 g/mol. The molecule has 30 heavy (non-hydrogen) atoms. The van der Waals surface area contributed by atoms with Crippen LogP contribution in [0.2, 0.25) is 0 Å². The van der Waals surface area contributed by atoms with Gasteiger partial charge in [0, 0.05) is 11.1 Å². The van der Waals surface area contributed by atoms with E-state index in [2.05, 4.69) is 10.6 Å². The molecule has 0 spiro atoms. The maximum absolute atomic E-state index is 13.1. The maximum Gasteiger partial charge on any atom is 0.329 e. The van der Waals surface area contributed by atoms with Gasteiger partial charge in [-0.05, 0) is 89.2 Å². The summed E-state index contributed by atoms with van der Waals surface area (Å²) in [5.41, 5.74) is 1.44. The molecule has 6 heteroatoms. The van der Waals surface area contributed by atoms with Crippen LogP contribution in [-0.4, -0.2) is 29.9 Å². The van der Waals surface area contributed by atoms with Crippen LogP contribution in [0.4, 0.5) is 5.69 Å². The van der Waals surface area contributed by atoms with Crippen molar-refractivity contribution in [3.63, 3.8) is 0 Å². The van der Waals surface area contributed by atoms with Crippen molar-refractivity contribution in [1.82, 2.24) is 5.32 Å². The molecule has 4 saturated carbocycles. The molecular weight excluding hydrogens is 380 g/mol. The molecule has 4 aliphatic carbocycles. The van der Waals surface area contributed by atoms with Crippen LogP contribution in [-0.2, 0) is 19.1 Å². The largest absolute Gasteiger partial charge is 0.451 e. The second kappa shape index (κ2) is 8.05. The zero-order valence-electron chi connectivity index (χ0n) is 18.1. The third kappa shape index (κ3) is 4.23. The van der Waals surface area contributed by atoms with Crippen molar-refractivity contribution >= 4 is 23.5 Å². The molecule has 4 fully saturated rings. The molecule has 4 bridgehead atoms. The highest BCUT2D eigenvalue weighted by Crippen LogP contribution is 2.60. The Morgan fingerprint density at radius 3 is 2.03 bits per heavy atom. The number of hydrogen-bond donors (Lipinski definition) is 2. The minimum Gasteiger partial charge on any atom is -0.451 e. The van der Waals surface area contributed by atoms with Gasteiger partial charge in [0.25, 0.3) is 5.91 Å². The Kier molecular flexibility index (Phi) is 5.60. The summed E-state index contributed by atoms with van der Waals surface area (Å²) in [5.74, 6) is 0.994. The number of benzene rings is 1. The Balaban J connectivity index is 1.29. The maximum atomic E-state index is 13.1. The fourth-order valence-corrected chi connectivity index (χ4v) is 6.01. The zero-order chi connectivity index (χ0) is 21.5. The van der Waals surface area contributed by atoms with E-state index < -0.39 is 24.0 Å². The van der Waals surface area contributed by atoms with Gasteiger partial charge in [-0.15, -0.1) is 0 Å². The molecule has 2 atom stereocenters. The highest BCUT2D eigenvalue weighted by molar-refractivity contribution is 5.96. The lowest BCUT2D eigenvalue weighted by atomic mass is 9.49. The first-order valence-electron chi connectivity index (χ1n) is 11.1. The topological polar surface area (TPSA) is 84.5 Å². The summed E-state index contributed by atoms with van der Waals surface area (Å²) in [6, 6.07) is 6.62. The lowest BCUT2D eigenvalue weighted by Gasteiger charge is -2.55. The van der Waals surface area contributed by atoms with Gasteiger partial charge in [-0.3, -0.25) is 9.59 Å². The van der Waals surface area contributed by atoms with E-state index in [9.17, 15) is 14.4 Å². The average molecular weight is 413 g/mol. The molecule has 0 unspecified atom stereocenters. The fraction of sp³-hybridized carbons (Fsp3) is 0.625. The van der Waals surface area contributed by atoms with E-state index in [0.29, 0.717) is 23.4 Å². The molecule has 0 saturated heterocycles. The predicted molar refractivity (Wildman–Crippen MR) is 114 cm³/mol. The lowest BCUT2D eigenvalue weighted by molar-refractivity contribution is -0.158. The number of ether oxygens (including phenoxy) is 1. The summed E-state index contributed by atoms with van der Waals surface area (Å²) >= 11 is 0. The first-order valence-corrected chi connectivity index (χ1v) is 11.1. The van der Waals surface area contributed by atoms with Crippen LogP contribution in [0.15, 0.2) is 24.3 Å². The molecule has 6 nitrogen and oxygen atoms in total. The Morgan fingerprint density at radius 2 is 1.50 bits per heavy atom. The standard InChI is InChI=1S/C24H32N2O4/c1-14-4-6-20(7-5-14)26-21(27)16(3)30-22(28)15(2)25-23(29)24-11-17-8-18(12-24)10-19(9-17)13-24/h4-7,15-19H,8-13H2,1-3H3,(H,25,29)(H,26,27)/t15-,16-,17?,18?,19?,24?/m0/s1. The smallest absolute Gasteiger partial charge is 0.329 e. The SMILES string of the molecule is Cc1ccc(NC(=O)[C@H](C)OC(=O)[C@H](C)NC(=O)C23CC4CC(CC(C4)C2)C3)cc1. The van der Waals surface area contributed by atoms with Crippen LogP contribution in [0.1, 0.15) is 57.9 Å². The van der Waals surface area contributed by atoms with Crippen molar-refractivity contribution in [2.45, 2.75) is 71.4 Å². The number of nitrogens with one attached hydrogen (secondary N) is 2. The van der Waals surface area contributed by atoms with E-state index in [4.69, 9.17) is 4.74 Å². The van der Waals surface area contributed by atoms with Gasteiger partial charge in [-0.2, -0.15) is 0 Å². The number of esters is 1. The van der Waals surface area contributed by atoms with Crippen molar-refractivity contribution in [3.8, 4) is 0 Å². The second-order valence-electron chi connectivity index (χ2n) is 9.83. The summed E-state index contributed by atoms with van der Waals surface area (Å²) in [5, 5.41) is 5.63. The number of aryl methyl sites for hydroxylation is 1. The Hall–Kier alpha value is -2.37. The van der Waals surface area contributed by atoms with Gasteiger partial charge < -0.3 is 15.4 Å². The summed E-state index contributed by atoms with van der Waals surface area (Å²) in [4.78, 5) is 37.9. The highest BCUT2D eigenvalue weighted by Gasteiger charge is 2.54. The molecular formula is C24H32N2O4. The summed E-state index contributed by atoms with van der Waals surface area (Å²) in [6.45, 7) is 5.13. The van der Waals surface area contributed by atoms with Crippen molar-refractivity contribution in [1.29, 1.82) is 0 Å². The third-order valence-electron chi connectivity index (χ3n) is 7.20. The van der Waals surface area contributed by atoms with E-state index in [1.807, 2.05) is 19.1 Å². The molecule has 0 radical (unpaired) electrons. The highest BCUT2D eigenvalue weighted by atomic mass is 16.5. The molecule has 0 aliphatic heterocycles. The van der Waals surface area contributed by atoms with Crippen molar-refractivity contribution < 1.29 is 19.1 Å². The Labute approximate surface area is 178 Å². The number of anilines is 1. The molecule has 2 N–H and O–H groups in total. The van der Waals surface area contributed by atoms with Gasteiger partial charge in [0.15, 0.2) is 6.10 Å². The van der Waals surface area contributed by atoms with Crippen LogP contribution in [0.25, 0.3) is 0 Å². The van der Waals surface area contributed by atoms with E-state index in [-0.39, 0.29) is 11.3 Å². The number of carbonyl (C=O) groups excluding carboxylic acids is 3. The second-order valence-corrected chi connectivity index (χ2v) is 9.83. The van der Waals surface area contributed by atoms with Gasteiger partial charge in [-0.25, -0.2) is 4.79 Å². The number of hydrogen-bond acceptors (Lipinski definition) is 4. The Bertz CT molecular complexity index is 797. The quantitative estimate of drug-likeness (QED) is 0.700. The number of carbonyl (C=O) groups is 3. The molecule has 5 rings (SSSR count). The van der Waals surface area contributed by atoms with Gasteiger partial charge in [0.05, 0.1) is 0 Å². The minimum atomic E-state index is -0.947. The van der Waals surface area contributed by atoms with Crippen LogP contribution >= 0.6 is 0 Å². The first-order chi connectivity index (χ1) is 14.2. The fourth-order valence-electron chi connectivity index (χ4n) is 6.01. The van der Waals surface area contributed by atoms with E-state index in [1.165, 1.54) is 26.2 Å². The predicted octanol–water partition coefficient (Wildman–Crippen LogP) is 3.59. The van der Waals surface area contributed by atoms with E-state index >= 15 is 0 Å². The average Bonchev–Trinajstić information content (AvgIpc) is 2.68. The summed E-state index contributed by atoms with van der Waals surface area (Å²) < 4.78 is 5.32. The van der Waals surface area contributed by atoms with Crippen LogP contribution in [0, 0.1) is 30.1 Å². The molecule has 162 valence electrons. The van der Waals surface area contributed by atoms with Crippen molar-refractivity contribution in [2.75, 3.05) is 5.32 Å². The molecule has 1 aromatic rings. The molecule has 0 aromatic heterocycles. The normalized spacial score (nSPS) is 31.0. The van der Waals surface area contributed by atoms with Crippen molar-refractivity contribution in [3.05, 3.63) is 29.8 Å². The van der Waals surface area contributed by atoms with Gasteiger partial charge >= 0.3 is 5.97 Å². The number of rotatable bonds is 6. The number of amides is 2. The summed E-state index contributed by atoms with van der Waals surface area (Å²) in [7, 11) is 0. The first kappa shape index (κ1) is 20.9. The van der Waals surface area contributed by atoms with Crippen molar-refractivity contribution in [2.24, 2.45) is 23.2 Å². The van der Waals surface area contributed by atoms with E-state index in [0.717, 1.165) is 24.8 Å². The van der Waals surface area contributed by atoms with Crippen LogP contribution in [0.3, 0.4) is 0 Å². The molecule has 2 amide bonds. The summed E-state index contributed by atoms with van der Waals surface area (Å²) in [6.07, 6.45) is 5.68. The molecule has 0 heterocycles. The minimum absolute atomic E-state index is 0.0113. The van der Waals surface area contributed by atoms with Crippen LogP contribution in [0.5, 0.6) is 0 Å². The molecule has 4 aliphatic rings. The van der Waals surface area contributed by atoms with Gasteiger partial charge in [-0.1, -0.05) is 17.7 Å². The van der Waals surface area contributed by atoms with Gasteiger partial charge in [0.1, 0.15) is 6.04 Å². The lowest BCUT2D eigenvalue weighted by Crippen LogP contribution is -2.56. The third-order valence-corrected chi connectivity index (χ3v) is 7.20. The van der Waals surface area contributed by atoms with Gasteiger partial charge in [0.2, 0.25) is 5.91 Å². The Morgan fingerprint density at radius 1 is 0.967 bits per heavy atom. The van der Waals surface area contributed by atoms with E-state index in [1.54, 1.807) is 19.1 Å².